The Hall–Kier alpha value is -2.44. The first kappa shape index (κ1) is 23.2. The number of halogens is 2. The molecule has 166 valence electrons. The van der Waals surface area contributed by atoms with Crippen molar-refractivity contribution in [3.05, 3.63) is 52.5 Å². The van der Waals surface area contributed by atoms with E-state index in [2.05, 4.69) is 5.32 Å². The Morgan fingerprint density at radius 3 is 2.52 bits per heavy atom. The van der Waals surface area contributed by atoms with Crippen molar-refractivity contribution in [2.24, 2.45) is 5.92 Å². The van der Waals surface area contributed by atoms with Gasteiger partial charge in [0.15, 0.2) is 0 Å². The molecule has 1 fully saturated rings. The van der Waals surface area contributed by atoms with Crippen molar-refractivity contribution in [2.75, 3.05) is 32.1 Å². The number of para-hydroxylation sites is 2. The highest BCUT2D eigenvalue weighted by Crippen LogP contribution is 2.31. The minimum atomic E-state index is -0.123. The SMILES string of the molecule is COc1ccccc1NC(=O)C1CCN(C(=O)CCCOc2cccc(Cl)c2Cl)CC1. The van der Waals surface area contributed by atoms with Crippen LogP contribution in [0.5, 0.6) is 11.5 Å². The van der Waals surface area contributed by atoms with Gasteiger partial charge in [0.25, 0.3) is 0 Å². The number of carbonyl (C=O) groups excluding carboxylic acids is 2. The number of hydrogen-bond donors (Lipinski definition) is 1. The van der Waals surface area contributed by atoms with Crippen molar-refractivity contribution in [3.8, 4) is 11.5 Å². The van der Waals surface area contributed by atoms with Crippen LogP contribution in [0.2, 0.25) is 10.0 Å². The molecule has 1 aliphatic rings. The number of benzene rings is 2. The molecular weight excluding hydrogens is 439 g/mol. The first-order valence-electron chi connectivity index (χ1n) is 10.3. The van der Waals surface area contributed by atoms with Gasteiger partial charge in [-0.15, -0.1) is 0 Å². The van der Waals surface area contributed by atoms with E-state index in [0.29, 0.717) is 72.6 Å². The first-order valence-corrected chi connectivity index (χ1v) is 11.0. The second kappa shape index (κ2) is 11.3. The minimum Gasteiger partial charge on any atom is -0.495 e. The van der Waals surface area contributed by atoms with Gasteiger partial charge in [-0.05, 0) is 43.5 Å². The van der Waals surface area contributed by atoms with Crippen LogP contribution in [-0.2, 0) is 9.59 Å². The van der Waals surface area contributed by atoms with Crippen LogP contribution in [0.15, 0.2) is 42.5 Å². The number of rotatable bonds is 8. The molecule has 2 aromatic carbocycles. The Labute approximate surface area is 192 Å². The van der Waals surface area contributed by atoms with Crippen LogP contribution in [0.1, 0.15) is 25.7 Å². The maximum absolute atomic E-state index is 12.6. The molecule has 1 heterocycles. The summed E-state index contributed by atoms with van der Waals surface area (Å²) in [4.78, 5) is 26.9. The zero-order valence-electron chi connectivity index (χ0n) is 17.4. The van der Waals surface area contributed by atoms with Crippen LogP contribution in [0.3, 0.4) is 0 Å². The monoisotopic (exact) mass is 464 g/mol. The number of nitrogens with zero attached hydrogens (tertiary/aromatic N) is 1. The summed E-state index contributed by atoms with van der Waals surface area (Å²) < 4.78 is 10.9. The van der Waals surface area contributed by atoms with E-state index in [-0.39, 0.29) is 17.7 Å². The van der Waals surface area contributed by atoms with Crippen molar-refractivity contribution in [1.29, 1.82) is 0 Å². The molecule has 0 bridgehead atoms. The zero-order valence-corrected chi connectivity index (χ0v) is 18.9. The molecule has 1 aliphatic heterocycles. The third-order valence-corrected chi connectivity index (χ3v) is 6.09. The molecule has 2 aromatic rings. The largest absolute Gasteiger partial charge is 0.495 e. The van der Waals surface area contributed by atoms with E-state index in [4.69, 9.17) is 32.7 Å². The standard InChI is InChI=1S/C23H26Cl2N2O4/c1-30-19-8-3-2-7-18(19)26-23(29)16-11-13-27(14-12-16)21(28)10-5-15-31-20-9-4-6-17(24)22(20)25/h2-4,6-9,16H,5,10-15H2,1H3,(H,26,29). The summed E-state index contributed by atoms with van der Waals surface area (Å²) in [5.74, 6) is 1.06. The minimum absolute atomic E-state index is 0.0385. The first-order chi connectivity index (χ1) is 15.0. The van der Waals surface area contributed by atoms with Crippen LogP contribution in [0.25, 0.3) is 0 Å². The maximum Gasteiger partial charge on any atom is 0.227 e. The highest BCUT2D eigenvalue weighted by atomic mass is 35.5. The van der Waals surface area contributed by atoms with E-state index in [0.717, 1.165) is 0 Å². The number of nitrogens with one attached hydrogen (secondary N) is 1. The molecule has 3 rings (SSSR count). The molecule has 1 saturated heterocycles. The Balaban J connectivity index is 1.39. The highest BCUT2D eigenvalue weighted by molar-refractivity contribution is 6.42. The average Bonchev–Trinajstić information content (AvgIpc) is 2.79. The summed E-state index contributed by atoms with van der Waals surface area (Å²) in [6.07, 6.45) is 2.24. The molecule has 1 N–H and O–H groups in total. The van der Waals surface area contributed by atoms with Crippen molar-refractivity contribution < 1.29 is 19.1 Å². The van der Waals surface area contributed by atoms with Gasteiger partial charge in [0.1, 0.15) is 16.5 Å². The molecule has 31 heavy (non-hydrogen) atoms. The molecule has 0 saturated carbocycles. The predicted octanol–water partition coefficient (Wildman–Crippen LogP) is 5.04. The normalized spacial score (nSPS) is 14.2. The number of hydrogen-bond acceptors (Lipinski definition) is 4. The number of anilines is 1. The van der Waals surface area contributed by atoms with Crippen LogP contribution in [0, 0.1) is 5.92 Å². The Morgan fingerprint density at radius 1 is 1.06 bits per heavy atom. The van der Waals surface area contributed by atoms with Gasteiger partial charge in [-0.1, -0.05) is 41.4 Å². The fourth-order valence-electron chi connectivity index (χ4n) is 3.53. The molecule has 0 unspecified atom stereocenters. The van der Waals surface area contributed by atoms with E-state index in [1.54, 1.807) is 31.4 Å². The highest BCUT2D eigenvalue weighted by Gasteiger charge is 2.27. The van der Waals surface area contributed by atoms with E-state index in [1.807, 2.05) is 23.1 Å². The van der Waals surface area contributed by atoms with E-state index in [9.17, 15) is 9.59 Å². The molecular formula is C23H26Cl2N2O4. The van der Waals surface area contributed by atoms with Gasteiger partial charge in [-0.3, -0.25) is 9.59 Å². The van der Waals surface area contributed by atoms with Crippen LogP contribution < -0.4 is 14.8 Å². The summed E-state index contributed by atoms with van der Waals surface area (Å²) in [6.45, 7) is 1.53. The van der Waals surface area contributed by atoms with E-state index < -0.39 is 0 Å². The Morgan fingerprint density at radius 2 is 1.77 bits per heavy atom. The third-order valence-electron chi connectivity index (χ3n) is 5.29. The topological polar surface area (TPSA) is 67.9 Å². The van der Waals surface area contributed by atoms with Gasteiger partial charge in [-0.25, -0.2) is 0 Å². The summed E-state index contributed by atoms with van der Waals surface area (Å²) in [5, 5.41) is 3.75. The number of likely N-dealkylation sites (tertiary alicyclic amines) is 1. The summed E-state index contributed by atoms with van der Waals surface area (Å²) in [6, 6.07) is 12.5. The second-order valence-corrected chi connectivity index (χ2v) is 8.13. The van der Waals surface area contributed by atoms with Gasteiger partial charge in [0.05, 0.1) is 24.4 Å². The molecule has 2 amide bonds. The van der Waals surface area contributed by atoms with Gasteiger partial charge in [-0.2, -0.15) is 0 Å². The van der Waals surface area contributed by atoms with Crippen molar-refractivity contribution in [3.63, 3.8) is 0 Å². The van der Waals surface area contributed by atoms with Crippen LogP contribution >= 0.6 is 23.2 Å². The van der Waals surface area contributed by atoms with E-state index in [1.165, 1.54) is 0 Å². The number of carbonyl (C=O) groups is 2. The molecule has 6 nitrogen and oxygen atoms in total. The summed E-state index contributed by atoms with van der Waals surface area (Å²) in [5.41, 5.74) is 0.660. The van der Waals surface area contributed by atoms with Crippen LogP contribution in [-0.4, -0.2) is 43.5 Å². The lowest BCUT2D eigenvalue weighted by atomic mass is 9.95. The van der Waals surface area contributed by atoms with Gasteiger partial charge in [0, 0.05) is 25.4 Å². The molecule has 0 atom stereocenters. The lowest BCUT2D eigenvalue weighted by Gasteiger charge is -2.31. The average molecular weight is 465 g/mol. The van der Waals surface area contributed by atoms with Gasteiger partial charge < -0.3 is 19.7 Å². The second-order valence-electron chi connectivity index (χ2n) is 7.35. The maximum atomic E-state index is 12.6. The quantitative estimate of drug-likeness (QED) is 0.555. The molecule has 8 heteroatoms. The van der Waals surface area contributed by atoms with Crippen LogP contribution in [0.4, 0.5) is 5.69 Å². The molecule has 0 radical (unpaired) electrons. The van der Waals surface area contributed by atoms with Crippen molar-refractivity contribution in [1.82, 2.24) is 4.90 Å². The lowest BCUT2D eigenvalue weighted by Crippen LogP contribution is -2.41. The Bertz CT molecular complexity index is 914. The summed E-state index contributed by atoms with van der Waals surface area (Å²) >= 11 is 12.1. The van der Waals surface area contributed by atoms with Crippen molar-refractivity contribution >= 4 is 40.7 Å². The smallest absolute Gasteiger partial charge is 0.227 e. The Kier molecular flexibility index (Phi) is 8.43. The van der Waals surface area contributed by atoms with Gasteiger partial charge >= 0.3 is 0 Å². The number of methoxy groups -OCH3 is 1. The summed E-state index contributed by atoms with van der Waals surface area (Å²) in [7, 11) is 1.57. The lowest BCUT2D eigenvalue weighted by molar-refractivity contribution is -0.134. The molecule has 0 aliphatic carbocycles. The number of piperidine rings is 1. The number of amides is 2. The fourth-order valence-corrected chi connectivity index (χ4v) is 3.88. The molecule has 0 aromatic heterocycles. The van der Waals surface area contributed by atoms with E-state index >= 15 is 0 Å². The predicted molar refractivity (Wildman–Crippen MR) is 122 cm³/mol. The third kappa shape index (κ3) is 6.28. The zero-order chi connectivity index (χ0) is 22.2. The van der Waals surface area contributed by atoms with Crippen molar-refractivity contribution in [2.45, 2.75) is 25.7 Å². The fraction of sp³-hybridized carbons (Fsp3) is 0.391. The van der Waals surface area contributed by atoms with Gasteiger partial charge in [0.2, 0.25) is 11.8 Å². The number of ether oxygens (including phenoxy) is 2. The molecule has 0 spiro atoms.